The number of benzene rings is 2. The molecule has 6 rings (SSSR count). The number of carbonyl (C=O) groups excluding carboxylic acids is 2. The molecule has 224 valence electrons. The first-order valence-corrected chi connectivity index (χ1v) is 15.5. The number of hydrogen-bond donors (Lipinski definition) is 1. The first-order chi connectivity index (χ1) is 19.9. The summed E-state index contributed by atoms with van der Waals surface area (Å²) in [5.74, 6) is 0.511. The fourth-order valence-corrected chi connectivity index (χ4v) is 7.33. The van der Waals surface area contributed by atoms with Gasteiger partial charge >= 0.3 is 6.09 Å². The van der Waals surface area contributed by atoms with Gasteiger partial charge in [0.05, 0.1) is 4.90 Å². The van der Waals surface area contributed by atoms with Crippen molar-refractivity contribution in [2.75, 3.05) is 45.9 Å². The second-order valence-corrected chi connectivity index (χ2v) is 14.0. The van der Waals surface area contributed by atoms with Gasteiger partial charge in [0.25, 0.3) is 5.91 Å². The molecular weight excluding hydrogens is 562 g/mol. The summed E-state index contributed by atoms with van der Waals surface area (Å²) in [6.07, 6.45) is -1.25. The fourth-order valence-electron chi connectivity index (χ4n) is 5.89. The van der Waals surface area contributed by atoms with Gasteiger partial charge in [-0.2, -0.15) is 4.31 Å². The van der Waals surface area contributed by atoms with Crippen LogP contribution in [0, 0.1) is 0 Å². The Morgan fingerprint density at radius 1 is 0.929 bits per heavy atom. The van der Waals surface area contributed by atoms with Crippen molar-refractivity contribution >= 4 is 22.0 Å². The third-order valence-corrected chi connectivity index (χ3v) is 9.73. The monoisotopic (exact) mass is 597 g/mol. The number of ether oxygens (including phenoxy) is 3. The average Bonchev–Trinajstić information content (AvgIpc) is 3.55. The van der Waals surface area contributed by atoms with Gasteiger partial charge in [-0.15, -0.1) is 0 Å². The zero-order chi connectivity index (χ0) is 29.8. The minimum absolute atomic E-state index is 0.135. The van der Waals surface area contributed by atoms with E-state index in [4.69, 9.17) is 14.2 Å². The molecule has 2 amide bonds. The van der Waals surface area contributed by atoms with Crippen molar-refractivity contribution in [2.45, 2.75) is 50.3 Å². The van der Waals surface area contributed by atoms with Crippen LogP contribution in [0.1, 0.15) is 43.6 Å². The van der Waals surface area contributed by atoms with E-state index >= 15 is 0 Å². The first-order valence-electron chi connectivity index (χ1n) is 14.1. The Kier molecular flexibility index (Phi) is 7.19. The largest absolute Gasteiger partial charge is 0.486 e. The van der Waals surface area contributed by atoms with Crippen LogP contribution in [0.2, 0.25) is 0 Å². The van der Waals surface area contributed by atoms with Crippen LogP contribution in [-0.2, 0) is 32.5 Å². The minimum Gasteiger partial charge on any atom is -0.486 e. The van der Waals surface area contributed by atoms with Gasteiger partial charge in [0.2, 0.25) is 10.0 Å². The summed E-state index contributed by atoms with van der Waals surface area (Å²) >= 11 is 0. The van der Waals surface area contributed by atoms with E-state index in [9.17, 15) is 23.1 Å². The third-order valence-electron chi connectivity index (χ3n) is 7.94. The molecule has 0 bridgehead atoms. The average molecular weight is 598 g/mol. The molecule has 4 aliphatic heterocycles. The number of sulfonamides is 1. The molecule has 0 fully saturated rings. The molecule has 0 radical (unpaired) electrons. The summed E-state index contributed by atoms with van der Waals surface area (Å²) in [4.78, 5) is 29.4. The van der Waals surface area contributed by atoms with Gasteiger partial charge in [0.1, 0.15) is 18.8 Å². The number of rotatable bonds is 4. The lowest BCUT2D eigenvalue weighted by Gasteiger charge is -2.33. The van der Waals surface area contributed by atoms with Crippen LogP contribution in [0.3, 0.4) is 0 Å². The topological polar surface area (TPSA) is 126 Å². The summed E-state index contributed by atoms with van der Waals surface area (Å²) in [6, 6.07) is 10.1. The van der Waals surface area contributed by atoms with E-state index in [1.807, 2.05) is 26.8 Å². The quantitative estimate of drug-likeness (QED) is 0.534. The van der Waals surface area contributed by atoms with Crippen LogP contribution in [0.15, 0.2) is 52.4 Å². The fraction of sp³-hybridized carbons (Fsp3) is 0.467. The molecule has 0 spiro atoms. The van der Waals surface area contributed by atoms with E-state index in [1.165, 1.54) is 16.4 Å². The Labute approximate surface area is 245 Å². The van der Waals surface area contributed by atoms with Crippen molar-refractivity contribution in [1.82, 2.24) is 14.1 Å². The summed E-state index contributed by atoms with van der Waals surface area (Å²) in [5, 5.41) is 11.2. The standard InChI is InChI=1S/C30H35N3O8S/c1-30(2,3)41-29(36)31-10-9-23-19(14-31)5-4-6-24(23)27(34)28(35)32-15-20-17-33(18-21(20)16-32)42(37,38)22-7-8-25-26(13-22)40-12-11-39-25/h4-8,13,27,34H,9-12,14-18H2,1-3H3. The molecule has 0 aromatic heterocycles. The highest BCUT2D eigenvalue weighted by molar-refractivity contribution is 7.89. The van der Waals surface area contributed by atoms with Crippen molar-refractivity contribution in [1.29, 1.82) is 0 Å². The molecular formula is C30H35N3O8S. The lowest BCUT2D eigenvalue weighted by molar-refractivity contribution is -0.139. The molecule has 42 heavy (non-hydrogen) atoms. The van der Waals surface area contributed by atoms with Gasteiger partial charge in [0, 0.05) is 45.3 Å². The maximum Gasteiger partial charge on any atom is 0.410 e. The molecule has 4 aliphatic rings. The van der Waals surface area contributed by atoms with Gasteiger partial charge in [-0.25, -0.2) is 13.2 Å². The summed E-state index contributed by atoms with van der Waals surface area (Å²) < 4.78 is 44.7. The van der Waals surface area contributed by atoms with Gasteiger partial charge in [-0.1, -0.05) is 18.2 Å². The molecule has 1 N–H and O–H groups in total. The second kappa shape index (κ2) is 10.6. The van der Waals surface area contributed by atoms with Crippen molar-refractivity contribution in [3.63, 3.8) is 0 Å². The zero-order valence-corrected chi connectivity index (χ0v) is 24.8. The van der Waals surface area contributed by atoms with Gasteiger partial charge in [-0.3, -0.25) is 4.79 Å². The molecule has 2 aromatic rings. The Morgan fingerprint density at radius 2 is 1.62 bits per heavy atom. The van der Waals surface area contributed by atoms with E-state index in [0.29, 0.717) is 49.8 Å². The Balaban J connectivity index is 1.10. The van der Waals surface area contributed by atoms with E-state index in [0.717, 1.165) is 22.3 Å². The molecule has 2 aromatic carbocycles. The molecule has 1 unspecified atom stereocenters. The number of carbonyl (C=O) groups is 2. The predicted octanol–water partition coefficient (Wildman–Crippen LogP) is 2.63. The number of aliphatic hydroxyl groups excluding tert-OH is 1. The van der Waals surface area contributed by atoms with Gasteiger partial charge < -0.3 is 29.1 Å². The normalized spacial score (nSPS) is 19.4. The summed E-state index contributed by atoms with van der Waals surface area (Å²) in [5.41, 5.74) is 3.43. The summed E-state index contributed by atoms with van der Waals surface area (Å²) in [6.45, 7) is 7.92. The molecule has 11 nitrogen and oxygen atoms in total. The van der Waals surface area contributed by atoms with Crippen LogP contribution in [0.5, 0.6) is 11.5 Å². The Morgan fingerprint density at radius 3 is 2.31 bits per heavy atom. The minimum atomic E-state index is -3.78. The highest BCUT2D eigenvalue weighted by atomic mass is 32.2. The van der Waals surface area contributed by atoms with Crippen LogP contribution in [0.25, 0.3) is 0 Å². The maximum atomic E-state index is 13.4. The Hall–Kier alpha value is -3.61. The van der Waals surface area contributed by atoms with Crippen molar-refractivity contribution in [3.8, 4) is 11.5 Å². The molecule has 0 saturated heterocycles. The van der Waals surface area contributed by atoms with Crippen molar-refractivity contribution in [2.24, 2.45) is 0 Å². The van der Waals surface area contributed by atoms with Crippen LogP contribution < -0.4 is 9.47 Å². The zero-order valence-electron chi connectivity index (χ0n) is 24.0. The lowest BCUT2D eigenvalue weighted by Crippen LogP contribution is -2.41. The van der Waals surface area contributed by atoms with E-state index in [1.54, 1.807) is 28.0 Å². The molecule has 12 heteroatoms. The van der Waals surface area contributed by atoms with Crippen molar-refractivity contribution in [3.05, 3.63) is 64.2 Å². The number of amides is 2. The number of aliphatic hydroxyl groups is 1. The second-order valence-electron chi connectivity index (χ2n) is 12.0. The molecule has 0 saturated carbocycles. The van der Waals surface area contributed by atoms with E-state index in [2.05, 4.69) is 0 Å². The molecule has 4 heterocycles. The number of hydrogen-bond acceptors (Lipinski definition) is 8. The van der Waals surface area contributed by atoms with Crippen LogP contribution in [0.4, 0.5) is 4.79 Å². The highest BCUT2D eigenvalue weighted by Crippen LogP contribution is 2.36. The highest BCUT2D eigenvalue weighted by Gasteiger charge is 2.40. The third kappa shape index (κ3) is 5.34. The Bertz CT molecular complexity index is 1560. The van der Waals surface area contributed by atoms with Gasteiger partial charge in [0.15, 0.2) is 17.6 Å². The smallest absolute Gasteiger partial charge is 0.410 e. The maximum absolute atomic E-state index is 13.4. The van der Waals surface area contributed by atoms with E-state index < -0.39 is 33.7 Å². The molecule has 1 atom stereocenters. The van der Waals surface area contributed by atoms with Gasteiger partial charge in [-0.05, 0) is 67.2 Å². The SMILES string of the molecule is CC(C)(C)OC(=O)N1CCc2c(cccc2C(O)C(=O)N2CC3=C(C2)CN(S(=O)(=O)c2ccc4c(c2)OCCO4)C3)C1. The first kappa shape index (κ1) is 28.5. The number of fused-ring (bicyclic) bond motifs is 2. The van der Waals surface area contributed by atoms with Crippen molar-refractivity contribution < 1.29 is 37.3 Å². The van der Waals surface area contributed by atoms with E-state index in [-0.39, 0.29) is 31.1 Å². The van der Waals surface area contributed by atoms with Crippen LogP contribution in [-0.4, -0.2) is 91.2 Å². The summed E-state index contributed by atoms with van der Waals surface area (Å²) in [7, 11) is -3.78. The lowest BCUT2D eigenvalue weighted by atomic mass is 9.91. The van der Waals surface area contributed by atoms with Crippen LogP contribution >= 0.6 is 0 Å². The predicted molar refractivity (Wildman–Crippen MR) is 152 cm³/mol. The number of nitrogens with zero attached hydrogens (tertiary/aromatic N) is 3. The molecule has 0 aliphatic carbocycles.